The summed E-state index contributed by atoms with van der Waals surface area (Å²) >= 11 is 2.86. The first-order valence-corrected chi connectivity index (χ1v) is 8.02. The van der Waals surface area contributed by atoms with Crippen LogP contribution in [0.5, 0.6) is 0 Å². The molecule has 3 rings (SSSR count). The molecule has 0 spiro atoms. The van der Waals surface area contributed by atoms with Crippen LogP contribution < -0.4 is 0 Å². The van der Waals surface area contributed by atoms with E-state index in [0.29, 0.717) is 10.7 Å². The molecule has 0 saturated heterocycles. The largest absolute Gasteiger partial charge is 0.457 e. The van der Waals surface area contributed by atoms with Gasteiger partial charge in [0, 0.05) is 11.6 Å². The zero-order valence-electron chi connectivity index (χ0n) is 10.7. The number of hydrogen-bond acceptors (Lipinski definition) is 4. The standard InChI is InChI=1S/C15H11NO2S2/c1-19-15-16-14(17)13(20-15)9-11-7-8-12(18-11)10-5-3-2-4-6-10/h2-9H,1H3/b13-9-. The zero-order chi connectivity index (χ0) is 13.9. The van der Waals surface area contributed by atoms with E-state index in [1.54, 1.807) is 6.08 Å². The van der Waals surface area contributed by atoms with Crippen molar-refractivity contribution in [1.82, 2.24) is 0 Å². The van der Waals surface area contributed by atoms with E-state index in [2.05, 4.69) is 4.99 Å². The quantitative estimate of drug-likeness (QED) is 0.776. The molecule has 1 aromatic heterocycles. The van der Waals surface area contributed by atoms with Crippen molar-refractivity contribution < 1.29 is 9.21 Å². The van der Waals surface area contributed by atoms with Crippen molar-refractivity contribution >= 4 is 39.9 Å². The predicted molar refractivity (Wildman–Crippen MR) is 85.7 cm³/mol. The summed E-state index contributed by atoms with van der Waals surface area (Å²) in [6, 6.07) is 13.6. The maximum absolute atomic E-state index is 11.7. The Labute approximate surface area is 125 Å². The van der Waals surface area contributed by atoms with Gasteiger partial charge in [-0.15, -0.1) is 11.8 Å². The molecule has 1 amide bonds. The minimum absolute atomic E-state index is 0.197. The number of rotatable bonds is 2. The van der Waals surface area contributed by atoms with E-state index in [9.17, 15) is 4.79 Å². The third-order valence-corrected chi connectivity index (χ3v) is 4.70. The Balaban J connectivity index is 1.84. The van der Waals surface area contributed by atoms with Crippen LogP contribution in [0, 0.1) is 0 Å². The van der Waals surface area contributed by atoms with Crippen LogP contribution in [0.2, 0.25) is 0 Å². The number of carbonyl (C=O) groups excluding carboxylic acids is 1. The fourth-order valence-electron chi connectivity index (χ4n) is 1.79. The summed E-state index contributed by atoms with van der Waals surface area (Å²) in [6.45, 7) is 0. The fourth-order valence-corrected chi connectivity index (χ4v) is 3.20. The van der Waals surface area contributed by atoms with E-state index in [4.69, 9.17) is 4.42 Å². The molecule has 1 aromatic carbocycles. The lowest BCUT2D eigenvalue weighted by molar-refractivity contribution is -0.113. The topological polar surface area (TPSA) is 42.6 Å². The maximum Gasteiger partial charge on any atom is 0.285 e. The Kier molecular flexibility index (Phi) is 3.80. The second-order valence-electron chi connectivity index (χ2n) is 4.07. The van der Waals surface area contributed by atoms with Crippen molar-refractivity contribution in [2.75, 3.05) is 6.26 Å². The number of thioether (sulfide) groups is 2. The molecule has 3 nitrogen and oxygen atoms in total. The summed E-state index contributed by atoms with van der Waals surface area (Å²) in [4.78, 5) is 16.2. The number of carbonyl (C=O) groups is 1. The van der Waals surface area contributed by atoms with Gasteiger partial charge in [-0.2, -0.15) is 4.99 Å². The first-order valence-electron chi connectivity index (χ1n) is 5.98. The molecule has 1 aliphatic heterocycles. The highest BCUT2D eigenvalue weighted by molar-refractivity contribution is 8.40. The van der Waals surface area contributed by atoms with E-state index >= 15 is 0 Å². The smallest absolute Gasteiger partial charge is 0.285 e. The highest BCUT2D eigenvalue weighted by Crippen LogP contribution is 2.33. The van der Waals surface area contributed by atoms with Gasteiger partial charge in [-0.05, 0) is 18.4 Å². The van der Waals surface area contributed by atoms with Crippen LogP contribution in [0.25, 0.3) is 17.4 Å². The molecule has 5 heteroatoms. The van der Waals surface area contributed by atoms with Gasteiger partial charge < -0.3 is 4.42 Å². The summed E-state index contributed by atoms with van der Waals surface area (Å²) in [5.41, 5.74) is 1.02. The molecule has 1 aliphatic rings. The van der Waals surface area contributed by atoms with Gasteiger partial charge in [0.05, 0.1) is 4.91 Å². The lowest BCUT2D eigenvalue weighted by atomic mass is 10.2. The molecular weight excluding hydrogens is 290 g/mol. The van der Waals surface area contributed by atoms with Crippen molar-refractivity contribution in [3.05, 3.63) is 53.1 Å². The molecule has 0 saturated carbocycles. The Morgan fingerprint density at radius 2 is 2.00 bits per heavy atom. The lowest BCUT2D eigenvalue weighted by Gasteiger charge is -1.95. The minimum atomic E-state index is -0.197. The number of benzene rings is 1. The number of furan rings is 1. The summed E-state index contributed by atoms with van der Waals surface area (Å²) < 4.78 is 6.52. The van der Waals surface area contributed by atoms with Gasteiger partial charge in [-0.3, -0.25) is 4.79 Å². The summed E-state index contributed by atoms with van der Waals surface area (Å²) in [5.74, 6) is 1.26. The van der Waals surface area contributed by atoms with E-state index in [1.165, 1.54) is 23.5 Å². The molecular formula is C15H11NO2S2. The average molecular weight is 301 g/mol. The number of nitrogens with zero attached hydrogens (tertiary/aromatic N) is 1. The van der Waals surface area contributed by atoms with Crippen molar-refractivity contribution in [3.63, 3.8) is 0 Å². The van der Waals surface area contributed by atoms with E-state index < -0.39 is 0 Å². The van der Waals surface area contributed by atoms with Crippen molar-refractivity contribution in [2.24, 2.45) is 4.99 Å². The molecule has 2 aromatic rings. The minimum Gasteiger partial charge on any atom is -0.457 e. The van der Waals surface area contributed by atoms with Crippen LogP contribution in [0.1, 0.15) is 5.76 Å². The molecule has 20 heavy (non-hydrogen) atoms. The van der Waals surface area contributed by atoms with Crippen LogP contribution in [0.3, 0.4) is 0 Å². The third kappa shape index (κ3) is 2.73. The molecule has 0 N–H and O–H groups in total. The van der Waals surface area contributed by atoms with E-state index in [0.717, 1.165) is 15.7 Å². The molecule has 100 valence electrons. The van der Waals surface area contributed by atoms with Crippen LogP contribution in [-0.2, 0) is 4.79 Å². The average Bonchev–Trinajstić information content (AvgIpc) is 3.08. The SMILES string of the molecule is CSC1=NC(=O)/C(=C/c2ccc(-c3ccccc3)o2)S1. The van der Waals surface area contributed by atoms with Crippen molar-refractivity contribution in [2.45, 2.75) is 0 Å². The Bertz CT molecular complexity index is 702. The monoisotopic (exact) mass is 301 g/mol. The van der Waals surface area contributed by atoms with E-state index in [-0.39, 0.29) is 5.91 Å². The Morgan fingerprint density at radius 1 is 1.20 bits per heavy atom. The summed E-state index contributed by atoms with van der Waals surface area (Å²) in [6.07, 6.45) is 3.65. The molecule has 0 radical (unpaired) electrons. The second-order valence-corrected chi connectivity index (χ2v) is 6.15. The Hall–Kier alpha value is -1.72. The van der Waals surface area contributed by atoms with Crippen LogP contribution in [0.4, 0.5) is 0 Å². The van der Waals surface area contributed by atoms with Crippen LogP contribution in [0.15, 0.2) is 56.8 Å². The highest BCUT2D eigenvalue weighted by atomic mass is 32.2. The molecule has 0 unspecified atom stereocenters. The number of hydrogen-bond donors (Lipinski definition) is 0. The number of aliphatic imine (C=N–C) groups is 1. The molecule has 0 bridgehead atoms. The Morgan fingerprint density at radius 3 is 2.70 bits per heavy atom. The van der Waals surface area contributed by atoms with Gasteiger partial charge in [-0.1, -0.05) is 42.1 Å². The van der Waals surface area contributed by atoms with Crippen LogP contribution in [-0.4, -0.2) is 16.5 Å². The van der Waals surface area contributed by atoms with E-state index in [1.807, 2.05) is 48.7 Å². The normalized spacial score (nSPS) is 16.8. The first kappa shape index (κ1) is 13.3. The molecule has 0 fully saturated rings. The molecule has 0 aliphatic carbocycles. The highest BCUT2D eigenvalue weighted by Gasteiger charge is 2.21. The molecule has 0 atom stereocenters. The summed E-state index contributed by atoms with van der Waals surface area (Å²) in [5, 5.41) is 0. The van der Waals surface area contributed by atoms with Gasteiger partial charge >= 0.3 is 0 Å². The van der Waals surface area contributed by atoms with Gasteiger partial charge in [0.2, 0.25) is 0 Å². The number of amides is 1. The third-order valence-electron chi connectivity index (χ3n) is 2.73. The first-order chi connectivity index (χ1) is 9.76. The predicted octanol–water partition coefficient (Wildman–Crippen LogP) is 4.28. The molecule has 2 heterocycles. The van der Waals surface area contributed by atoms with Crippen LogP contribution >= 0.6 is 23.5 Å². The van der Waals surface area contributed by atoms with Crippen molar-refractivity contribution in [3.8, 4) is 11.3 Å². The maximum atomic E-state index is 11.7. The summed E-state index contributed by atoms with van der Waals surface area (Å²) in [7, 11) is 0. The van der Waals surface area contributed by atoms with Gasteiger partial charge in [0.15, 0.2) is 0 Å². The lowest BCUT2D eigenvalue weighted by Crippen LogP contribution is -1.86. The van der Waals surface area contributed by atoms with Gasteiger partial charge in [0.1, 0.15) is 15.9 Å². The van der Waals surface area contributed by atoms with Gasteiger partial charge in [-0.25, -0.2) is 0 Å². The second kappa shape index (κ2) is 5.73. The fraction of sp³-hybridized carbons (Fsp3) is 0.0667. The van der Waals surface area contributed by atoms with Crippen molar-refractivity contribution in [1.29, 1.82) is 0 Å². The van der Waals surface area contributed by atoms with Gasteiger partial charge in [0.25, 0.3) is 5.91 Å². The zero-order valence-corrected chi connectivity index (χ0v) is 12.3.